The summed E-state index contributed by atoms with van der Waals surface area (Å²) in [5.41, 5.74) is 2.29. The van der Waals surface area contributed by atoms with Crippen LogP contribution in [-0.4, -0.2) is 50.5 Å². The molecule has 222 valence electrons. The predicted octanol–water partition coefficient (Wildman–Crippen LogP) is 7.35. The molecule has 0 saturated heterocycles. The van der Waals surface area contributed by atoms with Gasteiger partial charge in [0.05, 0.1) is 12.1 Å². The minimum absolute atomic E-state index is 0.174. The topological polar surface area (TPSA) is 107 Å². The highest BCUT2D eigenvalue weighted by molar-refractivity contribution is 6.08. The summed E-state index contributed by atoms with van der Waals surface area (Å²) in [6.45, 7) is 4.80. The molecule has 1 atom stereocenters. The van der Waals surface area contributed by atoms with Crippen LogP contribution < -0.4 is 0 Å². The molecular weight excluding hydrogens is 537 g/mol. The van der Waals surface area contributed by atoms with Crippen LogP contribution in [0.5, 0.6) is 0 Å². The first-order valence-electron chi connectivity index (χ1n) is 14.1. The second-order valence-electron chi connectivity index (χ2n) is 10.5. The molecule has 2 aromatic rings. The van der Waals surface area contributed by atoms with Crippen molar-refractivity contribution in [2.75, 3.05) is 0 Å². The Balaban J connectivity index is 0.000000587. The Morgan fingerprint density at radius 1 is 1.00 bits per heavy atom. The number of rotatable bonds is 9. The molecule has 1 aliphatic heterocycles. The molecule has 7 nitrogen and oxygen atoms in total. The number of carbonyl (C=O) groups is 3. The van der Waals surface area contributed by atoms with E-state index in [1.165, 1.54) is 19.3 Å². The summed E-state index contributed by atoms with van der Waals surface area (Å²) in [6.07, 6.45) is 4.44. The molecule has 2 aliphatic rings. The Morgan fingerprint density at radius 3 is 2.15 bits per heavy atom. The summed E-state index contributed by atoms with van der Waals surface area (Å²) in [5, 5.41) is 16.6. The lowest BCUT2D eigenvalue weighted by Crippen LogP contribution is -2.47. The van der Waals surface area contributed by atoms with E-state index in [2.05, 4.69) is 13.8 Å². The van der Waals surface area contributed by atoms with Gasteiger partial charge in [-0.1, -0.05) is 82.0 Å². The Kier molecular flexibility index (Phi) is 10.7. The van der Waals surface area contributed by atoms with Gasteiger partial charge in [0, 0.05) is 6.42 Å². The summed E-state index contributed by atoms with van der Waals surface area (Å²) in [5.74, 6) is -2.23. The van der Waals surface area contributed by atoms with Gasteiger partial charge >= 0.3 is 18.1 Å². The minimum atomic E-state index is -5.08. The van der Waals surface area contributed by atoms with Crippen molar-refractivity contribution in [3.63, 3.8) is 0 Å². The van der Waals surface area contributed by atoms with E-state index < -0.39 is 23.7 Å². The van der Waals surface area contributed by atoms with E-state index in [1.54, 1.807) is 12.1 Å². The number of hydrogen-bond donors (Lipinski definition) is 2. The highest BCUT2D eigenvalue weighted by atomic mass is 19.4. The van der Waals surface area contributed by atoms with Gasteiger partial charge in [0.1, 0.15) is 11.4 Å². The number of halogens is 3. The third kappa shape index (κ3) is 7.54. The van der Waals surface area contributed by atoms with Gasteiger partial charge in [0.25, 0.3) is 5.91 Å². The molecule has 1 heterocycles. The number of aromatic carboxylic acids is 1. The van der Waals surface area contributed by atoms with Crippen LogP contribution >= 0.6 is 0 Å². The molecule has 41 heavy (non-hydrogen) atoms. The number of aliphatic carboxylic acids is 1. The molecule has 1 amide bonds. The molecule has 1 aliphatic carbocycles. The first-order valence-corrected chi connectivity index (χ1v) is 14.1. The highest BCUT2D eigenvalue weighted by Crippen LogP contribution is 2.42. The van der Waals surface area contributed by atoms with Crippen molar-refractivity contribution < 1.29 is 37.8 Å². The van der Waals surface area contributed by atoms with Crippen LogP contribution in [0.15, 0.2) is 53.5 Å². The normalized spacial score (nSPS) is 19.4. The number of unbranched alkanes of at least 4 members (excludes halogenated alkanes) is 1. The molecule has 0 bridgehead atoms. The summed E-state index contributed by atoms with van der Waals surface area (Å²) < 4.78 is 31.7. The first kappa shape index (κ1) is 31.8. The first-order chi connectivity index (χ1) is 19.4. The van der Waals surface area contributed by atoms with E-state index in [1.807, 2.05) is 41.3 Å². The molecule has 0 radical (unpaired) electrons. The summed E-state index contributed by atoms with van der Waals surface area (Å²) in [6, 6.07) is 15.0. The molecule has 0 unspecified atom stereocenters. The molecule has 0 aromatic heterocycles. The number of carboxylic acids is 2. The van der Waals surface area contributed by atoms with E-state index >= 15 is 0 Å². The smallest absolute Gasteiger partial charge is 0.478 e. The van der Waals surface area contributed by atoms with Gasteiger partial charge in [-0.25, -0.2) is 9.59 Å². The van der Waals surface area contributed by atoms with Gasteiger partial charge in [-0.3, -0.25) is 14.7 Å². The van der Waals surface area contributed by atoms with Gasteiger partial charge < -0.3 is 10.2 Å². The Labute approximate surface area is 238 Å². The Morgan fingerprint density at radius 2 is 1.61 bits per heavy atom. The monoisotopic (exact) mass is 574 g/mol. The number of benzene rings is 2. The quantitative estimate of drug-likeness (QED) is 0.326. The number of carboxylic acid groups (broad SMARTS) is 2. The maximum absolute atomic E-state index is 13.9. The van der Waals surface area contributed by atoms with Crippen molar-refractivity contribution in [3.8, 4) is 11.1 Å². The van der Waals surface area contributed by atoms with E-state index in [0.29, 0.717) is 23.6 Å². The minimum Gasteiger partial charge on any atom is -0.478 e. The predicted molar refractivity (Wildman–Crippen MR) is 150 cm³/mol. The molecule has 0 spiro atoms. The van der Waals surface area contributed by atoms with E-state index in [9.17, 15) is 27.9 Å². The Bertz CT molecular complexity index is 1250. The van der Waals surface area contributed by atoms with Crippen LogP contribution in [0.2, 0.25) is 0 Å². The van der Waals surface area contributed by atoms with Crippen molar-refractivity contribution in [3.05, 3.63) is 59.7 Å². The summed E-state index contributed by atoms with van der Waals surface area (Å²) in [4.78, 5) is 41.5. The molecule has 10 heteroatoms. The lowest BCUT2D eigenvalue weighted by atomic mass is 9.73. The number of amidine groups is 1. The second kappa shape index (κ2) is 13.8. The lowest BCUT2D eigenvalue weighted by molar-refractivity contribution is -0.192. The van der Waals surface area contributed by atoms with Crippen molar-refractivity contribution in [2.45, 2.75) is 89.9 Å². The van der Waals surface area contributed by atoms with E-state index in [0.717, 1.165) is 55.5 Å². The van der Waals surface area contributed by atoms with Crippen molar-refractivity contribution in [1.29, 1.82) is 0 Å². The zero-order chi connectivity index (χ0) is 30.2. The average molecular weight is 575 g/mol. The van der Waals surface area contributed by atoms with Gasteiger partial charge in [0.15, 0.2) is 0 Å². The largest absolute Gasteiger partial charge is 0.490 e. The lowest BCUT2D eigenvalue weighted by Gasteiger charge is -2.35. The summed E-state index contributed by atoms with van der Waals surface area (Å²) >= 11 is 0. The van der Waals surface area contributed by atoms with Crippen LogP contribution in [0.25, 0.3) is 11.1 Å². The van der Waals surface area contributed by atoms with E-state index in [-0.39, 0.29) is 5.91 Å². The fourth-order valence-electron chi connectivity index (χ4n) is 5.64. The van der Waals surface area contributed by atoms with Gasteiger partial charge in [-0.05, 0) is 54.4 Å². The number of nitrogens with zero attached hydrogens (tertiary/aromatic N) is 2. The van der Waals surface area contributed by atoms with Crippen LogP contribution in [0.1, 0.15) is 87.6 Å². The molecule has 2 aromatic carbocycles. The maximum atomic E-state index is 13.9. The number of aliphatic imine (C=N–C) groups is 1. The molecule has 1 saturated carbocycles. The van der Waals surface area contributed by atoms with Crippen LogP contribution in [-0.2, 0) is 16.1 Å². The fourth-order valence-corrected chi connectivity index (χ4v) is 5.64. The van der Waals surface area contributed by atoms with Crippen molar-refractivity contribution in [1.82, 2.24) is 4.90 Å². The van der Waals surface area contributed by atoms with E-state index in [4.69, 9.17) is 14.9 Å². The zero-order valence-electron chi connectivity index (χ0n) is 23.4. The zero-order valence-corrected chi connectivity index (χ0v) is 23.4. The van der Waals surface area contributed by atoms with Crippen LogP contribution in [0.4, 0.5) is 13.2 Å². The maximum Gasteiger partial charge on any atom is 0.490 e. The molecule has 1 fully saturated rings. The number of hydrogen-bond acceptors (Lipinski definition) is 4. The number of alkyl halides is 3. The van der Waals surface area contributed by atoms with Gasteiger partial charge in [0.2, 0.25) is 0 Å². The van der Waals surface area contributed by atoms with Crippen molar-refractivity contribution in [2.24, 2.45) is 10.9 Å². The standard InChI is InChI=1S/C29H36N2O3.C2HF3O2/c1-3-5-15-26-30-29(4-2,23-11-7-6-8-12-23)28(34)31(26)20-21-16-18-22(19-17-21)24-13-9-10-14-25(24)27(32)33;3-2(4,5)1(6)7/h9-10,13-14,16-19,23H,3-8,11-12,15,20H2,1-2H3,(H,32,33);(H,6,7)/t29-;/m1./s1. The van der Waals surface area contributed by atoms with Gasteiger partial charge in [-0.2, -0.15) is 13.2 Å². The molecule has 2 N–H and O–H groups in total. The summed E-state index contributed by atoms with van der Waals surface area (Å²) in [7, 11) is 0. The van der Waals surface area contributed by atoms with Crippen LogP contribution in [0.3, 0.4) is 0 Å². The highest BCUT2D eigenvalue weighted by Gasteiger charge is 2.51. The molecular formula is C31H37F3N2O5. The van der Waals surface area contributed by atoms with Crippen LogP contribution in [0, 0.1) is 5.92 Å². The van der Waals surface area contributed by atoms with Gasteiger partial charge in [-0.15, -0.1) is 0 Å². The van der Waals surface area contributed by atoms with Crippen molar-refractivity contribution >= 4 is 23.7 Å². The molecule has 4 rings (SSSR count). The third-order valence-electron chi connectivity index (χ3n) is 7.83. The third-order valence-corrected chi connectivity index (χ3v) is 7.83. The number of amides is 1. The average Bonchev–Trinajstić information content (AvgIpc) is 3.23. The number of carbonyl (C=O) groups excluding carboxylic acids is 1. The fraction of sp³-hybridized carbons (Fsp3) is 0.484. The Hall–Kier alpha value is -3.69. The SMILES string of the molecule is CCCCC1=N[C@](CC)(C2CCCCC2)C(=O)N1Cc1ccc(-c2ccccc2C(=O)O)cc1.O=C(O)C(F)(F)F. The second-order valence-corrected chi connectivity index (χ2v) is 10.5.